The molecule has 4 aromatic rings. The molecule has 1 saturated carbocycles. The van der Waals surface area contributed by atoms with E-state index in [1.807, 2.05) is 23.1 Å². The molecule has 0 spiro atoms. The second-order valence-corrected chi connectivity index (χ2v) is 12.3. The molecule has 0 radical (unpaired) electrons. The number of fused-ring (bicyclic) bond motifs is 1. The van der Waals surface area contributed by atoms with E-state index in [-0.39, 0.29) is 42.6 Å². The third-order valence-electron chi connectivity index (χ3n) is 9.24. The Morgan fingerprint density at radius 3 is 2.63 bits per heavy atom. The minimum atomic E-state index is -4.75. The number of rotatable bonds is 7. The van der Waals surface area contributed by atoms with Crippen molar-refractivity contribution in [3.8, 4) is 29.3 Å². The minimum absolute atomic E-state index is 0.157. The van der Waals surface area contributed by atoms with E-state index in [1.165, 1.54) is 17.3 Å². The van der Waals surface area contributed by atoms with Crippen LogP contribution in [0, 0.1) is 28.6 Å². The fraction of sp³-hybridized carbons (Fsp3) is 0.452. The Hall–Kier alpha value is -5.02. The first-order chi connectivity index (χ1) is 22.2. The summed E-state index contributed by atoms with van der Waals surface area (Å²) >= 11 is 0. The third-order valence-corrected chi connectivity index (χ3v) is 9.24. The van der Waals surface area contributed by atoms with Crippen LogP contribution in [-0.2, 0) is 11.7 Å². The van der Waals surface area contributed by atoms with Gasteiger partial charge in [0, 0.05) is 67.2 Å². The zero-order valence-corrected chi connectivity index (χ0v) is 24.6. The molecule has 1 N–H and O–H groups in total. The molecule has 2 saturated heterocycles. The van der Waals surface area contributed by atoms with Crippen LogP contribution in [0.15, 0.2) is 43.1 Å². The standard InChI is InChI=1S/C31H29F3N10O2/c32-31(33,34)25-9-20(29(45)42-13-19(11-36)14-42)10-26(41-25)46-23-3-1-22(2-4-23)43-16-30(17-43,6-7-35)44-15-21(12-40-44)27-24-5-8-37-28(24)39-18-38-27/h5,8-10,12,15,18-19,22-23H,1-4,6,13-14,16-17H2,(H,37,38,39)/t22-,23+. The van der Waals surface area contributed by atoms with Crippen LogP contribution in [0.1, 0.15) is 48.2 Å². The van der Waals surface area contributed by atoms with Gasteiger partial charge in [0.2, 0.25) is 5.88 Å². The summed E-state index contributed by atoms with van der Waals surface area (Å²) in [6, 6.07) is 8.52. The molecule has 0 unspecified atom stereocenters. The van der Waals surface area contributed by atoms with Gasteiger partial charge in [-0.05, 0) is 37.8 Å². The molecule has 1 aliphatic carbocycles. The van der Waals surface area contributed by atoms with Crippen LogP contribution in [0.3, 0.4) is 0 Å². The van der Waals surface area contributed by atoms with E-state index in [0.29, 0.717) is 32.4 Å². The zero-order chi connectivity index (χ0) is 32.1. The maximum Gasteiger partial charge on any atom is 0.433 e. The second-order valence-electron chi connectivity index (χ2n) is 12.3. The van der Waals surface area contributed by atoms with Gasteiger partial charge in [-0.25, -0.2) is 15.0 Å². The van der Waals surface area contributed by atoms with Crippen molar-refractivity contribution >= 4 is 16.9 Å². The number of H-pyrrole nitrogens is 1. The van der Waals surface area contributed by atoms with Crippen LogP contribution < -0.4 is 4.74 Å². The molecule has 236 valence electrons. The average Bonchev–Trinajstić information content (AvgIpc) is 3.69. The number of carbonyl (C=O) groups is 1. The fourth-order valence-electron chi connectivity index (χ4n) is 6.70. The van der Waals surface area contributed by atoms with Crippen molar-refractivity contribution in [1.82, 2.24) is 39.5 Å². The molecular weight excluding hydrogens is 601 g/mol. The largest absolute Gasteiger partial charge is 0.474 e. The number of pyridine rings is 1. The number of likely N-dealkylation sites (tertiary alicyclic amines) is 2. The lowest BCUT2D eigenvalue weighted by atomic mass is 9.82. The molecule has 3 aliphatic rings. The first-order valence-corrected chi connectivity index (χ1v) is 15.1. The van der Waals surface area contributed by atoms with E-state index in [2.05, 4.69) is 42.1 Å². The lowest BCUT2D eigenvalue weighted by Gasteiger charge is -2.53. The highest BCUT2D eigenvalue weighted by atomic mass is 19.4. The molecule has 1 amide bonds. The number of aromatic nitrogens is 6. The van der Waals surface area contributed by atoms with E-state index in [9.17, 15) is 23.2 Å². The normalized spacial score (nSPS) is 21.6. The van der Waals surface area contributed by atoms with Gasteiger partial charge in [-0.2, -0.15) is 28.8 Å². The number of nitrogens with one attached hydrogen (secondary N) is 1. The van der Waals surface area contributed by atoms with Crippen LogP contribution in [-0.4, -0.2) is 83.7 Å². The number of hydrogen-bond donors (Lipinski definition) is 1. The molecule has 3 fully saturated rings. The van der Waals surface area contributed by atoms with Crippen LogP contribution in [0.2, 0.25) is 0 Å². The van der Waals surface area contributed by atoms with E-state index in [0.717, 1.165) is 41.2 Å². The van der Waals surface area contributed by atoms with E-state index >= 15 is 0 Å². The maximum atomic E-state index is 13.6. The fourth-order valence-corrected chi connectivity index (χ4v) is 6.70. The highest BCUT2D eigenvalue weighted by Gasteiger charge is 2.48. The predicted molar refractivity (Wildman–Crippen MR) is 156 cm³/mol. The Morgan fingerprint density at radius 2 is 1.91 bits per heavy atom. The van der Waals surface area contributed by atoms with Crippen molar-refractivity contribution in [2.45, 2.75) is 56.0 Å². The van der Waals surface area contributed by atoms with Gasteiger partial charge < -0.3 is 14.6 Å². The van der Waals surface area contributed by atoms with Crippen molar-refractivity contribution in [3.05, 3.63) is 54.4 Å². The molecule has 0 bridgehead atoms. The molecular formula is C31H29F3N10O2. The molecule has 15 heteroatoms. The van der Waals surface area contributed by atoms with Gasteiger partial charge in [0.1, 0.15) is 29.3 Å². The number of amides is 1. The van der Waals surface area contributed by atoms with Gasteiger partial charge in [-0.15, -0.1) is 0 Å². The Balaban J connectivity index is 0.990. The van der Waals surface area contributed by atoms with Crippen LogP contribution in [0.4, 0.5) is 13.2 Å². The van der Waals surface area contributed by atoms with E-state index in [1.54, 1.807) is 6.20 Å². The van der Waals surface area contributed by atoms with Crippen LogP contribution in [0.25, 0.3) is 22.3 Å². The molecule has 2 aliphatic heterocycles. The molecule has 12 nitrogen and oxygen atoms in total. The van der Waals surface area contributed by atoms with Crippen molar-refractivity contribution in [1.29, 1.82) is 10.5 Å². The average molecular weight is 631 g/mol. The Morgan fingerprint density at radius 1 is 1.13 bits per heavy atom. The summed E-state index contributed by atoms with van der Waals surface area (Å²) in [7, 11) is 0. The molecule has 7 rings (SSSR count). The molecule has 0 aromatic carbocycles. The van der Waals surface area contributed by atoms with Gasteiger partial charge >= 0.3 is 6.18 Å². The lowest BCUT2D eigenvalue weighted by molar-refractivity contribution is -0.141. The summed E-state index contributed by atoms with van der Waals surface area (Å²) in [6.45, 7) is 1.66. The van der Waals surface area contributed by atoms with E-state index < -0.39 is 23.3 Å². The van der Waals surface area contributed by atoms with Gasteiger partial charge in [0.15, 0.2) is 0 Å². The maximum absolute atomic E-state index is 13.6. The van der Waals surface area contributed by atoms with Crippen molar-refractivity contribution in [2.24, 2.45) is 5.92 Å². The summed E-state index contributed by atoms with van der Waals surface area (Å²) < 4.78 is 48.7. The van der Waals surface area contributed by atoms with Gasteiger partial charge in [0.05, 0.1) is 36.4 Å². The Bertz CT molecular complexity index is 1850. The SMILES string of the molecule is N#CCC1(n2cc(-c3ncnc4[nH]ccc34)cn2)CN([C@H]2CC[C@@H](Oc3cc(C(=O)N4CC(C#N)C4)cc(C(F)(F)F)n3)CC2)C1. The van der Waals surface area contributed by atoms with Crippen molar-refractivity contribution < 1.29 is 22.7 Å². The number of ether oxygens (including phenoxy) is 1. The number of nitrogens with zero attached hydrogens (tertiary/aromatic N) is 9. The summed E-state index contributed by atoms with van der Waals surface area (Å²) in [5, 5.41) is 24.2. The zero-order valence-electron chi connectivity index (χ0n) is 24.6. The summed E-state index contributed by atoms with van der Waals surface area (Å²) in [5.41, 5.74) is 0.518. The number of aromatic amines is 1. The van der Waals surface area contributed by atoms with Crippen LogP contribution >= 0.6 is 0 Å². The highest BCUT2D eigenvalue weighted by molar-refractivity contribution is 5.95. The first-order valence-electron chi connectivity index (χ1n) is 15.1. The Kier molecular flexibility index (Phi) is 7.36. The molecule has 0 atom stereocenters. The molecule has 46 heavy (non-hydrogen) atoms. The van der Waals surface area contributed by atoms with Crippen LogP contribution in [0.5, 0.6) is 5.88 Å². The minimum Gasteiger partial charge on any atom is -0.474 e. The van der Waals surface area contributed by atoms with Crippen molar-refractivity contribution in [3.63, 3.8) is 0 Å². The van der Waals surface area contributed by atoms with E-state index in [4.69, 9.17) is 10.00 Å². The smallest absolute Gasteiger partial charge is 0.433 e. The first kappa shape index (κ1) is 29.7. The Labute approximate surface area is 261 Å². The quantitative estimate of drug-likeness (QED) is 0.317. The number of alkyl halides is 3. The third kappa shape index (κ3) is 5.41. The van der Waals surface area contributed by atoms with Gasteiger partial charge in [-0.3, -0.25) is 14.4 Å². The number of carbonyl (C=O) groups excluding carboxylic acids is 1. The van der Waals surface area contributed by atoms with Gasteiger partial charge in [-0.1, -0.05) is 0 Å². The summed E-state index contributed by atoms with van der Waals surface area (Å²) in [5.74, 6) is -1.12. The topological polar surface area (TPSA) is 153 Å². The number of halogens is 3. The number of hydrogen-bond acceptors (Lipinski definition) is 9. The monoisotopic (exact) mass is 630 g/mol. The second kappa shape index (κ2) is 11.4. The summed E-state index contributed by atoms with van der Waals surface area (Å²) in [6.07, 6.45) is 4.93. The number of nitriles is 2. The predicted octanol–water partition coefficient (Wildman–Crippen LogP) is 4.15. The van der Waals surface area contributed by atoms with Gasteiger partial charge in [0.25, 0.3) is 5.91 Å². The highest BCUT2D eigenvalue weighted by Crippen LogP contribution is 2.39. The lowest BCUT2D eigenvalue weighted by Crippen LogP contribution is -2.65. The summed E-state index contributed by atoms with van der Waals surface area (Å²) in [4.78, 5) is 31.9. The van der Waals surface area contributed by atoms with Crippen molar-refractivity contribution in [2.75, 3.05) is 26.2 Å². The molecule has 6 heterocycles. The molecule has 4 aromatic heterocycles.